The standard InChI is InChI=1S/C11H18ClNO2/c1-4-14-11(2,3)8-13-7-9-5-6-10(12)15-9/h5-6,13H,4,7-8H2,1-3H3. The molecule has 1 aromatic rings. The SMILES string of the molecule is CCOC(C)(C)CNCc1ccc(Cl)o1. The van der Waals surface area contributed by atoms with Crippen molar-refractivity contribution in [3.63, 3.8) is 0 Å². The van der Waals surface area contributed by atoms with Crippen molar-refractivity contribution in [3.05, 3.63) is 23.1 Å². The first kappa shape index (κ1) is 12.6. The summed E-state index contributed by atoms with van der Waals surface area (Å²) >= 11 is 5.66. The van der Waals surface area contributed by atoms with Crippen LogP contribution < -0.4 is 5.32 Å². The van der Waals surface area contributed by atoms with E-state index in [9.17, 15) is 0 Å². The third-order valence-corrected chi connectivity index (χ3v) is 2.22. The van der Waals surface area contributed by atoms with Gasteiger partial charge in [-0.15, -0.1) is 0 Å². The predicted octanol–water partition coefficient (Wildman–Crippen LogP) is 2.84. The molecule has 86 valence electrons. The summed E-state index contributed by atoms with van der Waals surface area (Å²) < 4.78 is 10.8. The molecule has 0 radical (unpaired) electrons. The molecule has 1 heterocycles. The van der Waals surface area contributed by atoms with E-state index < -0.39 is 0 Å². The summed E-state index contributed by atoms with van der Waals surface area (Å²) in [4.78, 5) is 0. The van der Waals surface area contributed by atoms with Crippen molar-refractivity contribution in [1.82, 2.24) is 5.32 Å². The molecule has 0 aromatic carbocycles. The molecule has 0 saturated heterocycles. The molecule has 0 saturated carbocycles. The van der Waals surface area contributed by atoms with Crippen molar-refractivity contribution in [1.29, 1.82) is 0 Å². The van der Waals surface area contributed by atoms with E-state index in [0.29, 0.717) is 11.8 Å². The zero-order valence-electron chi connectivity index (χ0n) is 9.47. The number of halogens is 1. The molecule has 1 N–H and O–H groups in total. The van der Waals surface area contributed by atoms with Crippen LogP contribution in [0.4, 0.5) is 0 Å². The van der Waals surface area contributed by atoms with E-state index in [1.54, 1.807) is 6.07 Å². The van der Waals surface area contributed by atoms with Gasteiger partial charge in [0.2, 0.25) is 0 Å². The van der Waals surface area contributed by atoms with Gasteiger partial charge in [0.05, 0.1) is 12.1 Å². The fraction of sp³-hybridized carbons (Fsp3) is 0.636. The van der Waals surface area contributed by atoms with Gasteiger partial charge in [0.1, 0.15) is 5.76 Å². The molecule has 0 fully saturated rings. The van der Waals surface area contributed by atoms with Crippen molar-refractivity contribution in [2.75, 3.05) is 13.2 Å². The molecule has 0 aliphatic heterocycles. The Labute approximate surface area is 95.7 Å². The van der Waals surface area contributed by atoms with Crippen LogP contribution in [0.2, 0.25) is 5.22 Å². The Morgan fingerprint density at radius 2 is 2.20 bits per heavy atom. The molecule has 0 amide bonds. The Morgan fingerprint density at radius 1 is 1.47 bits per heavy atom. The van der Waals surface area contributed by atoms with Gasteiger partial charge in [-0.05, 0) is 44.5 Å². The molecule has 0 unspecified atom stereocenters. The fourth-order valence-electron chi connectivity index (χ4n) is 1.38. The number of rotatable bonds is 6. The lowest BCUT2D eigenvalue weighted by Crippen LogP contribution is -2.37. The molecule has 0 aliphatic carbocycles. The van der Waals surface area contributed by atoms with Gasteiger partial charge in [0.15, 0.2) is 5.22 Å². The van der Waals surface area contributed by atoms with Crippen LogP contribution in [0.25, 0.3) is 0 Å². The van der Waals surface area contributed by atoms with Gasteiger partial charge in [0.25, 0.3) is 0 Å². The van der Waals surface area contributed by atoms with E-state index in [1.165, 1.54) is 0 Å². The molecule has 0 bridgehead atoms. The summed E-state index contributed by atoms with van der Waals surface area (Å²) in [6.07, 6.45) is 0. The lowest BCUT2D eigenvalue weighted by molar-refractivity contribution is -0.00919. The maximum atomic E-state index is 5.66. The fourth-order valence-corrected chi connectivity index (χ4v) is 1.54. The van der Waals surface area contributed by atoms with Crippen LogP contribution in [0.1, 0.15) is 26.5 Å². The van der Waals surface area contributed by atoms with Crippen molar-refractivity contribution in [2.24, 2.45) is 0 Å². The maximum absolute atomic E-state index is 5.66. The minimum Gasteiger partial charge on any atom is -0.448 e. The van der Waals surface area contributed by atoms with Crippen LogP contribution in [0, 0.1) is 0 Å². The predicted molar refractivity (Wildman–Crippen MR) is 61.1 cm³/mol. The summed E-state index contributed by atoms with van der Waals surface area (Å²) in [5, 5.41) is 3.69. The number of nitrogens with one attached hydrogen (secondary N) is 1. The lowest BCUT2D eigenvalue weighted by Gasteiger charge is -2.24. The molecular weight excluding hydrogens is 214 g/mol. The molecule has 0 atom stereocenters. The third-order valence-electron chi connectivity index (χ3n) is 2.01. The maximum Gasteiger partial charge on any atom is 0.193 e. The molecule has 1 rings (SSSR count). The smallest absolute Gasteiger partial charge is 0.193 e. The van der Waals surface area contributed by atoms with E-state index in [2.05, 4.69) is 19.2 Å². The highest BCUT2D eigenvalue weighted by Crippen LogP contribution is 2.13. The van der Waals surface area contributed by atoms with Crippen LogP contribution >= 0.6 is 11.6 Å². The molecule has 0 aliphatic rings. The van der Waals surface area contributed by atoms with Crippen LogP contribution in [0.5, 0.6) is 0 Å². The summed E-state index contributed by atoms with van der Waals surface area (Å²) in [5.41, 5.74) is -0.148. The van der Waals surface area contributed by atoms with Gasteiger partial charge in [-0.1, -0.05) is 0 Å². The number of hydrogen-bond donors (Lipinski definition) is 1. The molecule has 15 heavy (non-hydrogen) atoms. The Bertz CT molecular complexity index is 297. The number of furan rings is 1. The zero-order chi connectivity index (χ0) is 11.3. The highest BCUT2D eigenvalue weighted by Gasteiger charge is 2.16. The Hall–Kier alpha value is -0.510. The van der Waals surface area contributed by atoms with Crippen molar-refractivity contribution >= 4 is 11.6 Å². The van der Waals surface area contributed by atoms with Gasteiger partial charge in [-0.2, -0.15) is 0 Å². The number of ether oxygens (including phenoxy) is 1. The second-order valence-electron chi connectivity index (χ2n) is 4.00. The molecular formula is C11H18ClNO2. The summed E-state index contributed by atoms with van der Waals surface area (Å²) in [6.45, 7) is 8.27. The summed E-state index contributed by atoms with van der Waals surface area (Å²) in [7, 11) is 0. The third kappa shape index (κ3) is 4.69. The van der Waals surface area contributed by atoms with E-state index in [4.69, 9.17) is 20.8 Å². The highest BCUT2D eigenvalue weighted by atomic mass is 35.5. The lowest BCUT2D eigenvalue weighted by atomic mass is 10.1. The monoisotopic (exact) mass is 231 g/mol. The second-order valence-corrected chi connectivity index (χ2v) is 4.37. The number of hydrogen-bond acceptors (Lipinski definition) is 3. The molecule has 4 heteroatoms. The summed E-state index contributed by atoms with van der Waals surface area (Å²) in [5.74, 6) is 0.840. The van der Waals surface area contributed by atoms with Crippen LogP contribution in [0.3, 0.4) is 0 Å². The van der Waals surface area contributed by atoms with E-state index in [0.717, 1.165) is 18.9 Å². The Kier molecular flexibility index (Phi) is 4.64. The van der Waals surface area contributed by atoms with Crippen molar-refractivity contribution < 1.29 is 9.15 Å². The summed E-state index contributed by atoms with van der Waals surface area (Å²) in [6, 6.07) is 3.61. The normalized spacial score (nSPS) is 12.0. The van der Waals surface area contributed by atoms with Gasteiger partial charge in [0, 0.05) is 13.2 Å². The van der Waals surface area contributed by atoms with Gasteiger partial charge in [-0.25, -0.2) is 0 Å². The Balaban J connectivity index is 2.27. The van der Waals surface area contributed by atoms with Gasteiger partial charge in [-0.3, -0.25) is 0 Å². The Morgan fingerprint density at radius 3 is 2.73 bits per heavy atom. The topological polar surface area (TPSA) is 34.4 Å². The van der Waals surface area contributed by atoms with Crippen molar-refractivity contribution in [2.45, 2.75) is 32.9 Å². The second kappa shape index (κ2) is 5.54. The van der Waals surface area contributed by atoms with Gasteiger partial charge < -0.3 is 14.5 Å². The first-order chi connectivity index (χ1) is 7.03. The van der Waals surface area contributed by atoms with Crippen LogP contribution in [-0.2, 0) is 11.3 Å². The first-order valence-electron chi connectivity index (χ1n) is 5.12. The average molecular weight is 232 g/mol. The minimum atomic E-state index is -0.148. The molecule has 0 spiro atoms. The minimum absolute atomic E-state index is 0.148. The average Bonchev–Trinajstić information content (AvgIpc) is 2.51. The van der Waals surface area contributed by atoms with E-state index in [-0.39, 0.29) is 5.60 Å². The first-order valence-corrected chi connectivity index (χ1v) is 5.50. The zero-order valence-corrected chi connectivity index (χ0v) is 10.2. The highest BCUT2D eigenvalue weighted by molar-refractivity contribution is 6.28. The van der Waals surface area contributed by atoms with E-state index in [1.807, 2.05) is 13.0 Å². The quantitative estimate of drug-likeness (QED) is 0.818. The van der Waals surface area contributed by atoms with E-state index >= 15 is 0 Å². The van der Waals surface area contributed by atoms with Crippen LogP contribution in [0.15, 0.2) is 16.5 Å². The molecule has 3 nitrogen and oxygen atoms in total. The van der Waals surface area contributed by atoms with Gasteiger partial charge >= 0.3 is 0 Å². The van der Waals surface area contributed by atoms with Crippen LogP contribution in [-0.4, -0.2) is 18.8 Å². The van der Waals surface area contributed by atoms with Crippen molar-refractivity contribution in [3.8, 4) is 0 Å². The molecule has 1 aromatic heterocycles. The largest absolute Gasteiger partial charge is 0.448 e.